The number of methoxy groups -OCH3 is 1. The van der Waals surface area contributed by atoms with E-state index in [9.17, 15) is 18.0 Å². The van der Waals surface area contributed by atoms with E-state index in [-0.39, 0.29) is 29.6 Å². The van der Waals surface area contributed by atoms with Crippen LogP contribution in [0.15, 0.2) is 53.6 Å². The van der Waals surface area contributed by atoms with Crippen LogP contribution < -0.4 is 9.46 Å². The second kappa shape index (κ2) is 9.99. The number of hydrogen-bond donors (Lipinski definition) is 2. The first-order valence-corrected chi connectivity index (χ1v) is 12.8. The summed E-state index contributed by atoms with van der Waals surface area (Å²) in [7, 11) is -2.09. The highest BCUT2D eigenvalue weighted by Gasteiger charge is 2.26. The molecule has 0 spiro atoms. The molecule has 0 saturated carbocycles. The molecule has 3 aromatic rings. The average Bonchev–Trinajstić information content (AvgIpc) is 3.27. The fraction of sp³-hybridized carbons (Fsp3) is 0.360. The molecule has 34 heavy (non-hydrogen) atoms. The number of carbonyl (C=O) groups is 2. The minimum absolute atomic E-state index is 0.0256. The van der Waals surface area contributed by atoms with E-state index in [1.165, 1.54) is 36.8 Å². The van der Waals surface area contributed by atoms with Crippen molar-refractivity contribution in [1.82, 2.24) is 14.6 Å². The van der Waals surface area contributed by atoms with E-state index in [1.807, 2.05) is 29.3 Å². The predicted octanol–water partition coefficient (Wildman–Crippen LogP) is 3.45. The third-order valence-electron chi connectivity index (χ3n) is 6.41. The van der Waals surface area contributed by atoms with Crippen molar-refractivity contribution in [2.24, 2.45) is 0 Å². The van der Waals surface area contributed by atoms with Gasteiger partial charge in [-0.05, 0) is 61.6 Å². The number of Topliss-reactive ketones (excluding diaryl/α,β-unsaturated/α-hetero) is 1. The molecular formula is C25H29N3O5S. The van der Waals surface area contributed by atoms with E-state index in [0.29, 0.717) is 24.6 Å². The average molecular weight is 484 g/mol. The zero-order valence-electron chi connectivity index (χ0n) is 19.3. The lowest BCUT2D eigenvalue weighted by atomic mass is 9.89. The van der Waals surface area contributed by atoms with Crippen LogP contribution in [0, 0.1) is 0 Å². The molecule has 2 heterocycles. The van der Waals surface area contributed by atoms with E-state index >= 15 is 0 Å². The van der Waals surface area contributed by atoms with E-state index in [1.54, 1.807) is 7.11 Å². The Labute approximate surface area is 199 Å². The van der Waals surface area contributed by atoms with Gasteiger partial charge < -0.3 is 14.6 Å². The Bertz CT molecular complexity index is 1290. The van der Waals surface area contributed by atoms with Crippen molar-refractivity contribution in [3.63, 3.8) is 0 Å². The van der Waals surface area contributed by atoms with Crippen LogP contribution in [0.4, 0.5) is 0 Å². The molecule has 2 N–H and O–H groups in total. The van der Waals surface area contributed by atoms with Crippen LogP contribution in [0.2, 0.25) is 0 Å². The van der Waals surface area contributed by atoms with Gasteiger partial charge in [0, 0.05) is 48.7 Å². The molecule has 0 radical (unpaired) electrons. The molecule has 8 nitrogen and oxygen atoms in total. The van der Waals surface area contributed by atoms with Crippen LogP contribution in [0.1, 0.15) is 48.0 Å². The molecule has 0 aliphatic carbocycles. The van der Waals surface area contributed by atoms with Crippen molar-refractivity contribution >= 4 is 32.6 Å². The van der Waals surface area contributed by atoms with Gasteiger partial charge in [-0.2, -0.15) is 0 Å². The molecule has 9 heteroatoms. The molecule has 0 atom stereocenters. The van der Waals surface area contributed by atoms with Gasteiger partial charge in [0.1, 0.15) is 5.75 Å². The number of ketones is 1. The fourth-order valence-corrected chi connectivity index (χ4v) is 5.46. The number of hydrogen-bond acceptors (Lipinski definition) is 5. The summed E-state index contributed by atoms with van der Waals surface area (Å²) in [6, 6.07) is 11.7. The first kappa shape index (κ1) is 24.0. The summed E-state index contributed by atoms with van der Waals surface area (Å²) in [5.74, 6) is 0.976. The Morgan fingerprint density at radius 2 is 1.82 bits per heavy atom. The molecule has 180 valence electrons. The molecule has 1 fully saturated rings. The molecule has 2 aromatic carbocycles. The summed E-state index contributed by atoms with van der Waals surface area (Å²) in [6.45, 7) is 2.73. The zero-order chi connectivity index (χ0) is 24.3. The van der Waals surface area contributed by atoms with E-state index < -0.39 is 10.0 Å². The van der Waals surface area contributed by atoms with Crippen molar-refractivity contribution in [1.29, 1.82) is 0 Å². The smallest absolute Gasteiger partial charge is 0.240 e. The largest absolute Gasteiger partial charge is 0.497 e. The number of nitrogens with one attached hydrogen (secondary N) is 2. The van der Waals surface area contributed by atoms with Gasteiger partial charge in [-0.1, -0.05) is 12.1 Å². The maximum absolute atomic E-state index is 12.7. The van der Waals surface area contributed by atoms with Crippen LogP contribution in [-0.2, 0) is 14.8 Å². The predicted molar refractivity (Wildman–Crippen MR) is 130 cm³/mol. The van der Waals surface area contributed by atoms with Crippen molar-refractivity contribution < 1.29 is 22.7 Å². The van der Waals surface area contributed by atoms with E-state index in [0.717, 1.165) is 29.5 Å². The fourth-order valence-electron chi connectivity index (χ4n) is 4.43. The standard InChI is InChI=1S/C25H29N3O5S/c1-17(29)18-3-6-21(7-4-18)34(31,32)27-12-9-25(30)28-13-10-19(11-14-28)23-16-26-24-8-5-20(33-2)15-22(23)24/h3-8,15-16,19,26-27H,9-14H2,1-2H3. The summed E-state index contributed by atoms with van der Waals surface area (Å²) in [5.41, 5.74) is 2.76. The van der Waals surface area contributed by atoms with Gasteiger partial charge in [0.25, 0.3) is 0 Å². The summed E-state index contributed by atoms with van der Waals surface area (Å²) in [6.07, 6.45) is 3.85. The highest BCUT2D eigenvalue weighted by molar-refractivity contribution is 7.89. The molecule has 1 aliphatic heterocycles. The Hall–Kier alpha value is -3.17. The second-order valence-electron chi connectivity index (χ2n) is 8.54. The normalized spacial score (nSPS) is 14.9. The van der Waals surface area contributed by atoms with Gasteiger partial charge in [-0.15, -0.1) is 0 Å². The number of rotatable bonds is 8. The number of nitrogens with zero attached hydrogens (tertiary/aromatic N) is 1. The number of carbonyl (C=O) groups excluding carboxylic acids is 2. The second-order valence-corrected chi connectivity index (χ2v) is 10.3. The summed E-state index contributed by atoms with van der Waals surface area (Å²) in [4.78, 5) is 29.2. The SMILES string of the molecule is COc1ccc2[nH]cc(C3CCN(C(=O)CCNS(=O)(=O)c4ccc(C(C)=O)cc4)CC3)c2c1. The minimum Gasteiger partial charge on any atom is -0.497 e. The van der Waals surface area contributed by atoms with Crippen LogP contribution in [0.3, 0.4) is 0 Å². The molecule has 1 saturated heterocycles. The number of amides is 1. The molecule has 1 aromatic heterocycles. The molecular weight excluding hydrogens is 454 g/mol. The number of H-pyrrole nitrogens is 1. The van der Waals surface area contributed by atoms with Crippen molar-refractivity contribution in [3.8, 4) is 5.75 Å². The van der Waals surface area contributed by atoms with Crippen molar-refractivity contribution in [2.75, 3.05) is 26.7 Å². The summed E-state index contributed by atoms with van der Waals surface area (Å²) < 4.78 is 32.8. The lowest BCUT2D eigenvalue weighted by Gasteiger charge is -2.32. The Balaban J connectivity index is 1.29. The number of fused-ring (bicyclic) bond motifs is 1. The van der Waals surface area contributed by atoms with Gasteiger partial charge in [0.2, 0.25) is 15.9 Å². The van der Waals surface area contributed by atoms with Crippen LogP contribution >= 0.6 is 0 Å². The summed E-state index contributed by atoms with van der Waals surface area (Å²) in [5, 5.41) is 1.15. The number of aromatic nitrogens is 1. The van der Waals surface area contributed by atoms with Crippen molar-refractivity contribution in [3.05, 3.63) is 59.8 Å². The maximum atomic E-state index is 12.7. The molecule has 1 aliphatic rings. The molecule has 1 amide bonds. The van der Waals surface area contributed by atoms with Gasteiger partial charge in [0.05, 0.1) is 12.0 Å². The lowest BCUT2D eigenvalue weighted by molar-refractivity contribution is -0.132. The Morgan fingerprint density at radius 3 is 2.47 bits per heavy atom. The zero-order valence-corrected chi connectivity index (χ0v) is 20.2. The van der Waals surface area contributed by atoms with Gasteiger partial charge in [-0.25, -0.2) is 13.1 Å². The lowest BCUT2D eigenvalue weighted by Crippen LogP contribution is -2.39. The Morgan fingerprint density at radius 1 is 1.12 bits per heavy atom. The van der Waals surface area contributed by atoms with Gasteiger partial charge >= 0.3 is 0 Å². The van der Waals surface area contributed by atoms with Crippen molar-refractivity contribution in [2.45, 2.75) is 37.0 Å². The third kappa shape index (κ3) is 5.15. The first-order chi connectivity index (χ1) is 16.3. The number of sulfonamides is 1. The van der Waals surface area contributed by atoms with E-state index in [2.05, 4.69) is 9.71 Å². The third-order valence-corrected chi connectivity index (χ3v) is 7.89. The first-order valence-electron chi connectivity index (χ1n) is 11.3. The number of benzene rings is 2. The monoisotopic (exact) mass is 483 g/mol. The number of aromatic amines is 1. The van der Waals surface area contributed by atoms with Crippen LogP contribution in [-0.4, -0.2) is 56.7 Å². The number of likely N-dealkylation sites (tertiary alicyclic amines) is 1. The number of ether oxygens (including phenoxy) is 1. The quantitative estimate of drug-likeness (QED) is 0.477. The summed E-state index contributed by atoms with van der Waals surface area (Å²) >= 11 is 0. The maximum Gasteiger partial charge on any atom is 0.240 e. The molecule has 4 rings (SSSR count). The topological polar surface area (TPSA) is 109 Å². The highest BCUT2D eigenvalue weighted by Crippen LogP contribution is 2.34. The minimum atomic E-state index is -3.74. The highest BCUT2D eigenvalue weighted by atomic mass is 32.2. The van der Waals surface area contributed by atoms with E-state index in [4.69, 9.17) is 4.74 Å². The number of piperidine rings is 1. The van der Waals surface area contributed by atoms with Gasteiger partial charge in [-0.3, -0.25) is 9.59 Å². The van der Waals surface area contributed by atoms with Gasteiger partial charge in [0.15, 0.2) is 5.78 Å². The Kier molecular flexibility index (Phi) is 7.04. The van der Waals surface area contributed by atoms with Crippen LogP contribution in [0.25, 0.3) is 10.9 Å². The van der Waals surface area contributed by atoms with Crippen LogP contribution in [0.5, 0.6) is 5.75 Å². The molecule has 0 unspecified atom stereocenters. The molecule has 0 bridgehead atoms.